The Kier molecular flexibility index (Phi) is 2.64. The quantitative estimate of drug-likeness (QED) is 0.785. The van der Waals surface area contributed by atoms with Crippen LogP contribution in [0.5, 0.6) is 0 Å². The summed E-state index contributed by atoms with van der Waals surface area (Å²) in [5.41, 5.74) is 7.85. The molecule has 78 valence electrons. The van der Waals surface area contributed by atoms with Gasteiger partial charge in [0.15, 0.2) is 5.16 Å². The summed E-state index contributed by atoms with van der Waals surface area (Å²) < 4.78 is 1.73. The topological polar surface area (TPSA) is 56.7 Å². The Morgan fingerprint density at radius 1 is 1.40 bits per heavy atom. The van der Waals surface area contributed by atoms with Gasteiger partial charge in [-0.3, -0.25) is 0 Å². The molecule has 0 aliphatic carbocycles. The molecule has 15 heavy (non-hydrogen) atoms. The van der Waals surface area contributed by atoms with Gasteiger partial charge in [-0.2, -0.15) is 5.10 Å². The van der Waals surface area contributed by atoms with E-state index in [-0.39, 0.29) is 0 Å². The molecule has 0 aliphatic rings. The van der Waals surface area contributed by atoms with E-state index in [0.29, 0.717) is 0 Å². The van der Waals surface area contributed by atoms with Crippen molar-refractivity contribution in [2.75, 3.05) is 5.73 Å². The third-order valence-electron chi connectivity index (χ3n) is 2.04. The standard InChI is InChI=1S/C10H12N4S/c1-7-3-4-9(8(11)5-7)15-10-12-6-13-14(10)2/h3-6H,11H2,1-2H3. The average Bonchev–Trinajstić information content (AvgIpc) is 2.57. The van der Waals surface area contributed by atoms with E-state index >= 15 is 0 Å². The molecule has 5 heteroatoms. The first-order valence-electron chi connectivity index (χ1n) is 4.55. The summed E-state index contributed by atoms with van der Waals surface area (Å²) in [4.78, 5) is 5.14. The third-order valence-corrected chi connectivity index (χ3v) is 3.18. The molecule has 2 rings (SSSR count). The third kappa shape index (κ3) is 2.12. The van der Waals surface area contributed by atoms with Crippen LogP contribution in [0.25, 0.3) is 0 Å². The minimum absolute atomic E-state index is 0.781. The van der Waals surface area contributed by atoms with Crippen molar-refractivity contribution < 1.29 is 0 Å². The van der Waals surface area contributed by atoms with Gasteiger partial charge in [0, 0.05) is 17.6 Å². The number of aryl methyl sites for hydroxylation is 2. The first-order valence-corrected chi connectivity index (χ1v) is 5.36. The van der Waals surface area contributed by atoms with Crippen LogP contribution in [0.1, 0.15) is 5.56 Å². The highest BCUT2D eigenvalue weighted by molar-refractivity contribution is 7.99. The van der Waals surface area contributed by atoms with E-state index < -0.39 is 0 Å². The average molecular weight is 220 g/mol. The highest BCUT2D eigenvalue weighted by Crippen LogP contribution is 2.30. The summed E-state index contributed by atoms with van der Waals surface area (Å²) in [6, 6.07) is 6.00. The van der Waals surface area contributed by atoms with Gasteiger partial charge in [0.1, 0.15) is 6.33 Å². The molecule has 0 aliphatic heterocycles. The van der Waals surface area contributed by atoms with Crippen LogP contribution < -0.4 is 5.73 Å². The molecule has 1 aromatic heterocycles. The van der Waals surface area contributed by atoms with E-state index in [1.807, 2.05) is 32.2 Å². The second kappa shape index (κ2) is 3.94. The Bertz CT molecular complexity index is 478. The van der Waals surface area contributed by atoms with Crippen LogP contribution in [0.3, 0.4) is 0 Å². The molecule has 0 atom stereocenters. The molecule has 1 heterocycles. The maximum Gasteiger partial charge on any atom is 0.190 e. The molecule has 0 spiro atoms. The highest BCUT2D eigenvalue weighted by Gasteiger charge is 2.06. The molecule has 2 aromatic rings. The number of aromatic nitrogens is 3. The predicted octanol–water partition coefficient (Wildman–Crippen LogP) is 1.86. The first kappa shape index (κ1) is 10.0. The van der Waals surface area contributed by atoms with Crippen LogP contribution in [-0.4, -0.2) is 14.8 Å². The van der Waals surface area contributed by atoms with Crippen LogP contribution in [0.4, 0.5) is 5.69 Å². The fourth-order valence-corrected chi connectivity index (χ4v) is 2.03. The van der Waals surface area contributed by atoms with Gasteiger partial charge in [-0.05, 0) is 36.4 Å². The number of hydrogen-bond acceptors (Lipinski definition) is 4. The fraction of sp³-hybridized carbons (Fsp3) is 0.200. The number of hydrogen-bond donors (Lipinski definition) is 1. The van der Waals surface area contributed by atoms with Gasteiger partial charge in [0.25, 0.3) is 0 Å². The Labute approximate surface area is 92.5 Å². The summed E-state index contributed by atoms with van der Waals surface area (Å²) in [5.74, 6) is 0. The molecule has 0 bridgehead atoms. The van der Waals surface area contributed by atoms with E-state index in [1.165, 1.54) is 18.1 Å². The van der Waals surface area contributed by atoms with E-state index in [1.54, 1.807) is 4.68 Å². The van der Waals surface area contributed by atoms with E-state index in [9.17, 15) is 0 Å². The number of nitrogen functional groups attached to an aromatic ring is 1. The number of nitrogens with two attached hydrogens (primary N) is 1. The molecule has 0 saturated heterocycles. The zero-order chi connectivity index (χ0) is 10.8. The van der Waals surface area contributed by atoms with E-state index in [4.69, 9.17) is 5.73 Å². The van der Waals surface area contributed by atoms with Crippen LogP contribution in [0.15, 0.2) is 34.6 Å². The smallest absolute Gasteiger partial charge is 0.190 e. The van der Waals surface area contributed by atoms with Crippen molar-refractivity contribution in [2.24, 2.45) is 7.05 Å². The molecule has 0 amide bonds. The summed E-state index contributed by atoms with van der Waals surface area (Å²) >= 11 is 1.52. The molecule has 2 N–H and O–H groups in total. The minimum Gasteiger partial charge on any atom is -0.398 e. The monoisotopic (exact) mass is 220 g/mol. The van der Waals surface area contributed by atoms with Crippen molar-refractivity contribution in [1.82, 2.24) is 14.8 Å². The lowest BCUT2D eigenvalue weighted by atomic mass is 10.2. The zero-order valence-electron chi connectivity index (χ0n) is 8.64. The first-order chi connectivity index (χ1) is 7.16. The second-order valence-corrected chi connectivity index (χ2v) is 4.32. The van der Waals surface area contributed by atoms with Crippen molar-refractivity contribution in [3.05, 3.63) is 30.1 Å². The maximum absolute atomic E-state index is 5.91. The molecular formula is C10H12N4S. The predicted molar refractivity (Wildman–Crippen MR) is 60.7 cm³/mol. The van der Waals surface area contributed by atoms with Crippen molar-refractivity contribution in [2.45, 2.75) is 17.0 Å². The van der Waals surface area contributed by atoms with Crippen LogP contribution in [-0.2, 0) is 7.05 Å². The number of benzene rings is 1. The van der Waals surface area contributed by atoms with E-state index in [0.717, 1.165) is 21.3 Å². The lowest BCUT2D eigenvalue weighted by molar-refractivity contribution is 0.685. The van der Waals surface area contributed by atoms with Crippen LogP contribution in [0.2, 0.25) is 0 Å². The zero-order valence-corrected chi connectivity index (χ0v) is 9.45. The van der Waals surface area contributed by atoms with Crippen molar-refractivity contribution >= 4 is 17.4 Å². The lowest BCUT2D eigenvalue weighted by Gasteiger charge is -2.04. The molecule has 0 unspecified atom stereocenters. The van der Waals surface area contributed by atoms with Gasteiger partial charge in [-0.25, -0.2) is 9.67 Å². The number of rotatable bonds is 2. The van der Waals surface area contributed by atoms with Crippen LogP contribution in [0, 0.1) is 6.92 Å². The largest absolute Gasteiger partial charge is 0.398 e. The van der Waals surface area contributed by atoms with Gasteiger partial charge in [0.05, 0.1) is 0 Å². The molecule has 0 fully saturated rings. The Hall–Kier alpha value is -1.49. The summed E-state index contributed by atoms with van der Waals surface area (Å²) in [5, 5.41) is 4.84. The van der Waals surface area contributed by atoms with E-state index in [2.05, 4.69) is 10.1 Å². The van der Waals surface area contributed by atoms with Crippen molar-refractivity contribution in [1.29, 1.82) is 0 Å². The summed E-state index contributed by atoms with van der Waals surface area (Å²) in [6.45, 7) is 2.02. The molecular weight excluding hydrogens is 208 g/mol. The van der Waals surface area contributed by atoms with Gasteiger partial charge in [-0.1, -0.05) is 6.07 Å². The van der Waals surface area contributed by atoms with Gasteiger partial charge < -0.3 is 5.73 Å². The Morgan fingerprint density at radius 2 is 2.20 bits per heavy atom. The SMILES string of the molecule is Cc1ccc(Sc2ncnn2C)c(N)c1. The molecule has 4 nitrogen and oxygen atoms in total. The Morgan fingerprint density at radius 3 is 2.80 bits per heavy atom. The van der Waals surface area contributed by atoms with Crippen molar-refractivity contribution in [3.63, 3.8) is 0 Å². The summed E-state index contributed by atoms with van der Waals surface area (Å²) in [6.07, 6.45) is 1.53. The lowest BCUT2D eigenvalue weighted by Crippen LogP contribution is -1.94. The summed E-state index contributed by atoms with van der Waals surface area (Å²) in [7, 11) is 1.86. The van der Waals surface area contributed by atoms with Gasteiger partial charge in [-0.15, -0.1) is 0 Å². The molecule has 1 aromatic carbocycles. The number of nitrogens with zero attached hydrogens (tertiary/aromatic N) is 3. The van der Waals surface area contributed by atoms with Crippen LogP contribution >= 0.6 is 11.8 Å². The van der Waals surface area contributed by atoms with Gasteiger partial charge >= 0.3 is 0 Å². The Balaban J connectivity index is 2.29. The van der Waals surface area contributed by atoms with Gasteiger partial charge in [0.2, 0.25) is 0 Å². The molecule has 0 saturated carbocycles. The normalized spacial score (nSPS) is 10.5. The van der Waals surface area contributed by atoms with Crippen molar-refractivity contribution in [3.8, 4) is 0 Å². The number of anilines is 1. The fourth-order valence-electron chi connectivity index (χ4n) is 1.24. The highest BCUT2D eigenvalue weighted by atomic mass is 32.2. The second-order valence-electron chi connectivity index (χ2n) is 3.31. The molecule has 0 radical (unpaired) electrons. The maximum atomic E-state index is 5.91. The minimum atomic E-state index is 0.781.